The topological polar surface area (TPSA) is 58.6 Å². The predicted molar refractivity (Wildman–Crippen MR) is 79.7 cm³/mol. The molecule has 1 aromatic carbocycles. The maximum atomic E-state index is 13.2. The summed E-state index contributed by atoms with van der Waals surface area (Å²) in [5.74, 6) is -0.343. The zero-order chi connectivity index (χ0) is 15.8. The van der Waals surface area contributed by atoms with E-state index in [0.717, 1.165) is 19.3 Å². The Labute approximate surface area is 125 Å². The number of carbonyl (C=O) groups excluding carboxylic acids is 1. The highest BCUT2D eigenvalue weighted by Gasteiger charge is 2.18. The minimum absolute atomic E-state index is 0.216. The summed E-state index contributed by atoms with van der Waals surface area (Å²) in [7, 11) is 0. The van der Waals surface area contributed by atoms with Gasteiger partial charge < -0.3 is 15.2 Å². The zero-order valence-electron chi connectivity index (χ0n) is 12.9. The van der Waals surface area contributed by atoms with Crippen molar-refractivity contribution in [2.45, 2.75) is 52.2 Å². The van der Waals surface area contributed by atoms with E-state index in [4.69, 9.17) is 4.74 Å². The first-order chi connectivity index (χ1) is 9.95. The van der Waals surface area contributed by atoms with Crippen LogP contribution in [0, 0.1) is 5.82 Å². The molecule has 2 N–H and O–H groups in total. The lowest BCUT2D eigenvalue weighted by molar-refractivity contribution is -0.127. The first kappa shape index (κ1) is 17.4. The van der Waals surface area contributed by atoms with Gasteiger partial charge in [0.2, 0.25) is 0 Å². The normalized spacial score (nSPS) is 13.6. The number of carbonyl (C=O) groups is 1. The van der Waals surface area contributed by atoms with Crippen LogP contribution in [0.5, 0.6) is 5.75 Å². The fourth-order valence-corrected chi connectivity index (χ4v) is 1.93. The van der Waals surface area contributed by atoms with E-state index < -0.39 is 18.0 Å². The second kappa shape index (κ2) is 8.62. The van der Waals surface area contributed by atoms with Crippen LogP contribution >= 0.6 is 0 Å². The molecule has 0 aliphatic rings. The molecule has 2 unspecified atom stereocenters. The highest BCUT2D eigenvalue weighted by atomic mass is 19.1. The van der Waals surface area contributed by atoms with Crippen LogP contribution in [-0.4, -0.2) is 23.7 Å². The van der Waals surface area contributed by atoms with Gasteiger partial charge in [-0.2, -0.15) is 0 Å². The summed E-state index contributed by atoms with van der Waals surface area (Å²) in [4.78, 5) is 11.9. The second-order valence-electron chi connectivity index (χ2n) is 5.12. The molecule has 4 nitrogen and oxygen atoms in total. The molecule has 5 heteroatoms. The van der Waals surface area contributed by atoms with Crippen LogP contribution in [0.4, 0.5) is 4.39 Å². The molecule has 0 saturated heterocycles. The Morgan fingerprint density at radius 2 is 2.10 bits per heavy atom. The number of hydrogen-bond acceptors (Lipinski definition) is 3. The number of ether oxygens (including phenoxy) is 1. The molecule has 1 aromatic rings. The third-order valence-electron chi connectivity index (χ3n) is 3.17. The largest absolute Gasteiger partial charge is 0.481 e. The van der Waals surface area contributed by atoms with E-state index in [0.29, 0.717) is 17.9 Å². The molecule has 0 heterocycles. The van der Waals surface area contributed by atoms with Gasteiger partial charge in [-0.3, -0.25) is 4.79 Å². The quantitative estimate of drug-likeness (QED) is 0.725. The summed E-state index contributed by atoms with van der Waals surface area (Å²) in [5.41, 5.74) is 0.334. The molecule has 0 bridgehead atoms. The summed E-state index contributed by atoms with van der Waals surface area (Å²) in [6.07, 6.45) is 1.53. The van der Waals surface area contributed by atoms with Crippen molar-refractivity contribution < 1.29 is 19.0 Å². The molecule has 0 radical (unpaired) electrons. The average molecular weight is 297 g/mol. The Bertz CT molecular complexity index is 463. The van der Waals surface area contributed by atoms with Crippen molar-refractivity contribution in [2.75, 3.05) is 6.54 Å². The van der Waals surface area contributed by atoms with Crippen LogP contribution < -0.4 is 10.1 Å². The molecule has 21 heavy (non-hydrogen) atoms. The van der Waals surface area contributed by atoms with E-state index >= 15 is 0 Å². The van der Waals surface area contributed by atoms with Crippen LogP contribution in [0.3, 0.4) is 0 Å². The van der Waals surface area contributed by atoms with Gasteiger partial charge in [-0.1, -0.05) is 19.8 Å². The fourth-order valence-electron chi connectivity index (χ4n) is 1.93. The van der Waals surface area contributed by atoms with E-state index in [2.05, 4.69) is 12.2 Å². The third-order valence-corrected chi connectivity index (χ3v) is 3.17. The number of unbranched alkanes of at least 4 members (excludes halogenated alkanes) is 2. The fraction of sp³-hybridized carbons (Fsp3) is 0.562. The second-order valence-corrected chi connectivity index (χ2v) is 5.12. The predicted octanol–water partition coefficient (Wildman–Crippen LogP) is 2.95. The number of benzene rings is 1. The summed E-state index contributed by atoms with van der Waals surface area (Å²) < 4.78 is 18.7. The summed E-state index contributed by atoms with van der Waals surface area (Å²) in [6, 6.07) is 3.89. The Morgan fingerprint density at radius 3 is 2.71 bits per heavy atom. The van der Waals surface area contributed by atoms with Gasteiger partial charge in [0.15, 0.2) is 6.10 Å². The summed E-state index contributed by atoms with van der Waals surface area (Å²) in [6.45, 7) is 5.87. The maximum Gasteiger partial charge on any atom is 0.260 e. The molecule has 2 atom stereocenters. The molecular formula is C16H24FNO3. The van der Waals surface area contributed by atoms with Gasteiger partial charge in [-0.05, 0) is 38.5 Å². The van der Waals surface area contributed by atoms with Crippen molar-refractivity contribution in [2.24, 2.45) is 0 Å². The van der Waals surface area contributed by atoms with Crippen molar-refractivity contribution in [3.8, 4) is 5.75 Å². The standard InChI is InChI=1S/C16H24FNO3/c1-4-5-6-9-18-16(20)12(3)21-15-8-7-13(17)10-14(15)11(2)19/h7-8,10-12,19H,4-6,9H2,1-3H3,(H,18,20). The van der Waals surface area contributed by atoms with Crippen LogP contribution in [0.25, 0.3) is 0 Å². The van der Waals surface area contributed by atoms with Gasteiger partial charge in [0.05, 0.1) is 6.10 Å². The van der Waals surface area contributed by atoms with E-state index in [-0.39, 0.29) is 5.91 Å². The molecule has 118 valence electrons. The zero-order valence-corrected chi connectivity index (χ0v) is 12.9. The van der Waals surface area contributed by atoms with Crippen LogP contribution in [0.1, 0.15) is 51.7 Å². The van der Waals surface area contributed by atoms with Crippen LogP contribution in [0.15, 0.2) is 18.2 Å². The van der Waals surface area contributed by atoms with Crippen molar-refractivity contribution >= 4 is 5.91 Å². The summed E-state index contributed by atoms with van der Waals surface area (Å²) >= 11 is 0. The highest BCUT2D eigenvalue weighted by Crippen LogP contribution is 2.26. The Morgan fingerprint density at radius 1 is 1.38 bits per heavy atom. The molecule has 1 amide bonds. The lowest BCUT2D eigenvalue weighted by Gasteiger charge is -2.18. The minimum atomic E-state index is -0.865. The number of aliphatic hydroxyl groups is 1. The number of hydrogen-bond donors (Lipinski definition) is 2. The molecule has 0 aliphatic carbocycles. The summed E-state index contributed by atoms with van der Waals surface area (Å²) in [5, 5.41) is 12.4. The first-order valence-electron chi connectivity index (χ1n) is 7.37. The van der Waals surface area contributed by atoms with Gasteiger partial charge in [-0.15, -0.1) is 0 Å². The maximum absolute atomic E-state index is 13.2. The van der Waals surface area contributed by atoms with Gasteiger partial charge in [-0.25, -0.2) is 4.39 Å². The number of rotatable bonds is 8. The number of aliphatic hydroxyl groups excluding tert-OH is 1. The van der Waals surface area contributed by atoms with Crippen LogP contribution in [0.2, 0.25) is 0 Å². The lowest BCUT2D eigenvalue weighted by Crippen LogP contribution is -2.37. The van der Waals surface area contributed by atoms with Crippen molar-refractivity contribution in [1.82, 2.24) is 5.32 Å². The Hall–Kier alpha value is -1.62. The van der Waals surface area contributed by atoms with Crippen molar-refractivity contribution in [3.63, 3.8) is 0 Å². The molecule has 0 aliphatic heterocycles. The number of halogens is 1. The minimum Gasteiger partial charge on any atom is -0.481 e. The van der Waals surface area contributed by atoms with E-state index in [1.165, 1.54) is 25.1 Å². The Kier molecular flexibility index (Phi) is 7.15. The Balaban J connectivity index is 2.61. The van der Waals surface area contributed by atoms with E-state index in [1.54, 1.807) is 6.92 Å². The monoisotopic (exact) mass is 297 g/mol. The van der Waals surface area contributed by atoms with Crippen molar-refractivity contribution in [3.05, 3.63) is 29.6 Å². The number of nitrogens with one attached hydrogen (secondary N) is 1. The third kappa shape index (κ3) is 5.71. The molecule has 1 rings (SSSR count). The molecular weight excluding hydrogens is 273 g/mol. The van der Waals surface area contributed by atoms with Gasteiger partial charge in [0.1, 0.15) is 11.6 Å². The van der Waals surface area contributed by atoms with E-state index in [9.17, 15) is 14.3 Å². The molecule has 0 fully saturated rings. The average Bonchev–Trinajstić information content (AvgIpc) is 2.44. The van der Waals surface area contributed by atoms with Crippen molar-refractivity contribution in [1.29, 1.82) is 0 Å². The highest BCUT2D eigenvalue weighted by molar-refractivity contribution is 5.80. The number of amides is 1. The van der Waals surface area contributed by atoms with Gasteiger partial charge in [0.25, 0.3) is 5.91 Å². The lowest BCUT2D eigenvalue weighted by atomic mass is 10.1. The van der Waals surface area contributed by atoms with Gasteiger partial charge in [0, 0.05) is 12.1 Å². The SMILES string of the molecule is CCCCCNC(=O)C(C)Oc1ccc(F)cc1C(C)O. The molecule has 0 saturated carbocycles. The van der Waals surface area contributed by atoms with E-state index in [1.807, 2.05) is 0 Å². The van der Waals surface area contributed by atoms with Crippen LogP contribution in [-0.2, 0) is 4.79 Å². The first-order valence-corrected chi connectivity index (χ1v) is 7.37. The molecule has 0 aromatic heterocycles. The van der Waals surface area contributed by atoms with Gasteiger partial charge >= 0.3 is 0 Å². The molecule has 0 spiro atoms. The smallest absolute Gasteiger partial charge is 0.260 e.